The van der Waals surface area contributed by atoms with E-state index in [4.69, 9.17) is 14.2 Å². The summed E-state index contributed by atoms with van der Waals surface area (Å²) in [4.78, 5) is 4.15. The number of hydrogen-bond acceptors (Lipinski definition) is 5. The minimum atomic E-state index is -0.237. The van der Waals surface area contributed by atoms with Crippen molar-refractivity contribution in [3.8, 4) is 0 Å². The van der Waals surface area contributed by atoms with E-state index in [1.807, 2.05) is 10.7 Å². The second-order valence-corrected chi connectivity index (χ2v) is 6.89. The molecule has 2 aromatic rings. The first-order chi connectivity index (χ1) is 12.2. The molecule has 2 heterocycles. The van der Waals surface area contributed by atoms with Gasteiger partial charge >= 0.3 is 0 Å². The normalized spacial score (nSPS) is 19.4. The Morgan fingerprint density at radius 2 is 2.00 bits per heavy atom. The van der Waals surface area contributed by atoms with Crippen LogP contribution in [0, 0.1) is 5.41 Å². The quantitative estimate of drug-likeness (QED) is 0.736. The van der Waals surface area contributed by atoms with Gasteiger partial charge in [-0.1, -0.05) is 44.2 Å². The highest BCUT2D eigenvalue weighted by Gasteiger charge is 2.43. The average Bonchev–Trinajstić information content (AvgIpc) is 3.17. The van der Waals surface area contributed by atoms with Gasteiger partial charge in [-0.2, -0.15) is 5.10 Å². The third-order valence-electron chi connectivity index (χ3n) is 4.63. The molecule has 6 nitrogen and oxygen atoms in total. The van der Waals surface area contributed by atoms with Crippen LogP contribution in [0.15, 0.2) is 43.0 Å². The molecule has 0 spiro atoms. The minimum absolute atomic E-state index is 0.0201. The number of benzene rings is 1. The molecule has 136 valence electrons. The van der Waals surface area contributed by atoms with E-state index in [2.05, 4.69) is 48.2 Å². The lowest BCUT2D eigenvalue weighted by atomic mass is 9.79. The summed E-state index contributed by atoms with van der Waals surface area (Å²) < 4.78 is 19.5. The molecule has 1 aromatic heterocycles. The molecule has 0 aliphatic carbocycles. The van der Waals surface area contributed by atoms with Crippen LogP contribution >= 0.6 is 0 Å². The van der Waals surface area contributed by atoms with E-state index in [1.165, 1.54) is 5.56 Å². The molecule has 1 aromatic carbocycles. The Bertz CT molecular complexity index is 612. The van der Waals surface area contributed by atoms with Crippen LogP contribution in [-0.2, 0) is 20.6 Å². The number of hydrogen-bond donors (Lipinski definition) is 0. The van der Waals surface area contributed by atoms with Gasteiger partial charge in [0.2, 0.25) is 0 Å². The number of rotatable bonds is 8. The van der Waals surface area contributed by atoms with Gasteiger partial charge in [0, 0.05) is 12.0 Å². The van der Waals surface area contributed by atoms with E-state index in [0.717, 1.165) is 12.8 Å². The average molecular weight is 345 g/mol. The van der Waals surface area contributed by atoms with Crippen molar-refractivity contribution in [1.29, 1.82) is 0 Å². The highest BCUT2D eigenvalue weighted by atomic mass is 16.7. The number of nitrogens with zero attached hydrogens (tertiary/aromatic N) is 3. The van der Waals surface area contributed by atoms with Gasteiger partial charge in [-0.25, -0.2) is 9.67 Å². The lowest BCUT2D eigenvalue weighted by Gasteiger charge is -2.43. The zero-order chi connectivity index (χ0) is 17.5. The zero-order valence-electron chi connectivity index (χ0n) is 15.0. The predicted octanol–water partition coefficient (Wildman–Crippen LogP) is 2.87. The molecule has 0 bridgehead atoms. The maximum atomic E-state index is 6.34. The lowest BCUT2D eigenvalue weighted by molar-refractivity contribution is -0.206. The monoisotopic (exact) mass is 345 g/mol. The lowest BCUT2D eigenvalue weighted by Crippen LogP contribution is -2.50. The van der Waals surface area contributed by atoms with Gasteiger partial charge in [0.25, 0.3) is 0 Å². The highest BCUT2D eigenvalue weighted by Crippen LogP contribution is 2.36. The van der Waals surface area contributed by atoms with Crippen molar-refractivity contribution in [3.63, 3.8) is 0 Å². The molecule has 25 heavy (non-hydrogen) atoms. The van der Waals surface area contributed by atoms with Crippen molar-refractivity contribution in [2.24, 2.45) is 5.41 Å². The van der Waals surface area contributed by atoms with E-state index in [-0.39, 0.29) is 17.6 Å². The van der Waals surface area contributed by atoms with Crippen LogP contribution in [-0.4, -0.2) is 47.5 Å². The van der Waals surface area contributed by atoms with Crippen LogP contribution in [0.3, 0.4) is 0 Å². The summed E-state index contributed by atoms with van der Waals surface area (Å²) in [5.41, 5.74) is 1.01. The standard InChI is InChI=1S/C19H27N3O3/c1-3-9-25-18(19(2)11-23-15-24-12-19)17(22-14-20-13-21-22)10-16-7-5-4-6-8-16/h4-8,13-14,17-18H,3,9-12,15H2,1-2H3. The Kier molecular flexibility index (Phi) is 6.18. The molecule has 3 rings (SSSR count). The van der Waals surface area contributed by atoms with Crippen LogP contribution in [0.25, 0.3) is 0 Å². The second-order valence-electron chi connectivity index (χ2n) is 6.89. The summed E-state index contributed by atoms with van der Waals surface area (Å²) in [6.07, 6.45) is 5.03. The molecule has 0 amide bonds. The molecular formula is C19H27N3O3. The molecule has 1 aliphatic heterocycles. The Labute approximate surface area is 149 Å². The van der Waals surface area contributed by atoms with Crippen LogP contribution in [0.1, 0.15) is 31.9 Å². The molecule has 2 unspecified atom stereocenters. The Morgan fingerprint density at radius 3 is 2.64 bits per heavy atom. The van der Waals surface area contributed by atoms with Gasteiger partial charge in [-0.05, 0) is 18.4 Å². The summed E-state index contributed by atoms with van der Waals surface area (Å²) in [5.74, 6) is 0. The van der Waals surface area contributed by atoms with E-state index < -0.39 is 0 Å². The van der Waals surface area contributed by atoms with Crippen molar-refractivity contribution in [2.75, 3.05) is 26.6 Å². The predicted molar refractivity (Wildman–Crippen MR) is 94.1 cm³/mol. The fourth-order valence-corrected chi connectivity index (χ4v) is 3.42. The van der Waals surface area contributed by atoms with E-state index in [1.54, 1.807) is 12.7 Å². The highest BCUT2D eigenvalue weighted by molar-refractivity contribution is 5.16. The van der Waals surface area contributed by atoms with Gasteiger partial charge in [0.05, 0.1) is 25.4 Å². The minimum Gasteiger partial charge on any atom is -0.375 e. The van der Waals surface area contributed by atoms with Gasteiger partial charge in [0.1, 0.15) is 19.4 Å². The van der Waals surface area contributed by atoms with E-state index >= 15 is 0 Å². The summed E-state index contributed by atoms with van der Waals surface area (Å²) in [5, 5.41) is 4.41. The molecule has 1 fully saturated rings. The fraction of sp³-hybridized carbons (Fsp3) is 0.579. The first-order valence-corrected chi connectivity index (χ1v) is 8.88. The van der Waals surface area contributed by atoms with Crippen molar-refractivity contribution >= 4 is 0 Å². The van der Waals surface area contributed by atoms with Crippen LogP contribution < -0.4 is 0 Å². The van der Waals surface area contributed by atoms with Crippen molar-refractivity contribution in [2.45, 2.75) is 38.8 Å². The van der Waals surface area contributed by atoms with Gasteiger partial charge in [-0.3, -0.25) is 0 Å². The molecule has 1 aliphatic rings. The van der Waals surface area contributed by atoms with Crippen molar-refractivity contribution in [3.05, 3.63) is 48.5 Å². The smallest absolute Gasteiger partial charge is 0.146 e. The Hall–Kier alpha value is -1.76. The van der Waals surface area contributed by atoms with E-state index in [0.29, 0.717) is 26.6 Å². The van der Waals surface area contributed by atoms with Crippen LogP contribution in [0.2, 0.25) is 0 Å². The maximum absolute atomic E-state index is 6.34. The van der Waals surface area contributed by atoms with Gasteiger partial charge < -0.3 is 14.2 Å². The topological polar surface area (TPSA) is 58.4 Å². The van der Waals surface area contributed by atoms with Crippen molar-refractivity contribution in [1.82, 2.24) is 14.8 Å². The molecular weight excluding hydrogens is 318 g/mol. The Morgan fingerprint density at radius 1 is 1.24 bits per heavy atom. The summed E-state index contributed by atoms with van der Waals surface area (Å²) >= 11 is 0. The second kappa shape index (κ2) is 8.56. The largest absolute Gasteiger partial charge is 0.375 e. The molecule has 6 heteroatoms. The first-order valence-electron chi connectivity index (χ1n) is 8.88. The number of ether oxygens (including phenoxy) is 3. The third-order valence-corrected chi connectivity index (χ3v) is 4.63. The maximum Gasteiger partial charge on any atom is 0.146 e. The van der Waals surface area contributed by atoms with Crippen LogP contribution in [0.4, 0.5) is 0 Å². The van der Waals surface area contributed by atoms with Crippen molar-refractivity contribution < 1.29 is 14.2 Å². The van der Waals surface area contributed by atoms with Gasteiger partial charge in [0.15, 0.2) is 0 Å². The number of aromatic nitrogens is 3. The van der Waals surface area contributed by atoms with Crippen LogP contribution in [0.5, 0.6) is 0 Å². The SMILES string of the molecule is CCCOC(C(Cc1ccccc1)n1cncn1)C1(C)COCOC1. The summed E-state index contributed by atoms with van der Waals surface area (Å²) in [6.45, 7) is 6.56. The molecule has 1 saturated heterocycles. The first kappa shape index (κ1) is 18.0. The summed E-state index contributed by atoms with van der Waals surface area (Å²) in [7, 11) is 0. The van der Waals surface area contributed by atoms with E-state index in [9.17, 15) is 0 Å². The molecule has 2 atom stereocenters. The molecule has 0 radical (unpaired) electrons. The summed E-state index contributed by atoms with van der Waals surface area (Å²) in [6, 6.07) is 10.4. The molecule has 0 N–H and O–H groups in total. The Balaban J connectivity index is 1.91. The zero-order valence-corrected chi connectivity index (χ0v) is 15.0. The third kappa shape index (κ3) is 4.45. The van der Waals surface area contributed by atoms with Gasteiger partial charge in [-0.15, -0.1) is 0 Å². The molecule has 0 saturated carbocycles. The fourth-order valence-electron chi connectivity index (χ4n) is 3.42.